The molecule has 3 aromatic rings. The van der Waals surface area contributed by atoms with E-state index in [1.165, 1.54) is 0 Å². The molecule has 0 saturated heterocycles. The third kappa shape index (κ3) is 1.58. The first-order valence-corrected chi connectivity index (χ1v) is 5.60. The Morgan fingerprint density at radius 3 is 2.65 bits per heavy atom. The van der Waals surface area contributed by atoms with Crippen LogP contribution in [0.5, 0.6) is 0 Å². The molecule has 0 aliphatic carbocycles. The van der Waals surface area contributed by atoms with Crippen LogP contribution in [0.3, 0.4) is 0 Å². The molecule has 1 heterocycles. The summed E-state index contributed by atoms with van der Waals surface area (Å²) in [5.41, 5.74) is 1.26. The van der Waals surface area contributed by atoms with Gasteiger partial charge in [0.1, 0.15) is 5.15 Å². The van der Waals surface area contributed by atoms with Gasteiger partial charge >= 0.3 is 0 Å². The molecule has 0 bridgehead atoms. The summed E-state index contributed by atoms with van der Waals surface area (Å²) < 4.78 is 0. The summed E-state index contributed by atoms with van der Waals surface area (Å²) in [4.78, 5) is 15.1. The number of hydrogen-bond acceptors (Lipinski definition) is 2. The molecular formula is C14H8ClNO. The number of pyridine rings is 1. The standard InChI is InChI=1S/C14H8ClNO/c15-14-11(8-17)7-10-6-5-9-3-1-2-4-12(9)13(10)16-14/h1-8H. The molecule has 0 N–H and O–H groups in total. The third-order valence-electron chi connectivity index (χ3n) is 2.82. The Labute approximate surface area is 103 Å². The van der Waals surface area contributed by atoms with Crippen LogP contribution < -0.4 is 0 Å². The van der Waals surface area contributed by atoms with E-state index in [1.807, 2.05) is 36.4 Å². The molecule has 0 unspecified atom stereocenters. The maximum Gasteiger partial charge on any atom is 0.153 e. The zero-order valence-corrected chi connectivity index (χ0v) is 9.61. The number of nitrogens with zero attached hydrogens (tertiary/aromatic N) is 1. The number of aldehydes is 1. The van der Waals surface area contributed by atoms with Gasteiger partial charge in [-0.25, -0.2) is 4.98 Å². The number of carbonyl (C=O) groups is 1. The molecule has 17 heavy (non-hydrogen) atoms. The summed E-state index contributed by atoms with van der Waals surface area (Å²) in [5, 5.41) is 3.34. The minimum Gasteiger partial charge on any atom is -0.298 e. The van der Waals surface area contributed by atoms with E-state index in [1.54, 1.807) is 6.07 Å². The van der Waals surface area contributed by atoms with E-state index in [9.17, 15) is 4.79 Å². The van der Waals surface area contributed by atoms with Gasteiger partial charge in [-0.05, 0) is 11.5 Å². The second-order valence-corrected chi connectivity index (χ2v) is 4.20. The summed E-state index contributed by atoms with van der Waals surface area (Å²) in [7, 11) is 0. The lowest BCUT2D eigenvalue weighted by atomic mass is 10.1. The highest BCUT2D eigenvalue weighted by molar-refractivity contribution is 6.32. The number of hydrogen-bond donors (Lipinski definition) is 0. The molecule has 0 aliphatic heterocycles. The van der Waals surface area contributed by atoms with Crippen molar-refractivity contribution in [2.24, 2.45) is 0 Å². The zero-order chi connectivity index (χ0) is 11.8. The van der Waals surface area contributed by atoms with Crippen LogP contribution in [0.2, 0.25) is 5.15 Å². The second kappa shape index (κ2) is 3.82. The van der Waals surface area contributed by atoms with Crippen LogP contribution in [0.4, 0.5) is 0 Å². The Hall–Kier alpha value is -1.93. The number of rotatable bonds is 1. The summed E-state index contributed by atoms with van der Waals surface area (Å²) in [6.45, 7) is 0. The quantitative estimate of drug-likeness (QED) is 0.368. The van der Waals surface area contributed by atoms with Crippen LogP contribution in [0.1, 0.15) is 10.4 Å². The Morgan fingerprint density at radius 2 is 1.82 bits per heavy atom. The van der Waals surface area contributed by atoms with Crippen LogP contribution in [-0.2, 0) is 0 Å². The predicted octanol–water partition coefficient (Wildman–Crippen LogP) is 3.85. The van der Waals surface area contributed by atoms with Crippen molar-refractivity contribution >= 4 is 39.6 Å². The van der Waals surface area contributed by atoms with Crippen LogP contribution in [-0.4, -0.2) is 11.3 Å². The van der Waals surface area contributed by atoms with Crippen molar-refractivity contribution in [2.45, 2.75) is 0 Å². The first-order chi connectivity index (χ1) is 8.29. The molecule has 0 radical (unpaired) electrons. The van der Waals surface area contributed by atoms with E-state index < -0.39 is 0 Å². The van der Waals surface area contributed by atoms with E-state index in [0.717, 1.165) is 28.0 Å². The Morgan fingerprint density at radius 1 is 1.06 bits per heavy atom. The fraction of sp³-hybridized carbons (Fsp3) is 0. The molecule has 2 nitrogen and oxygen atoms in total. The van der Waals surface area contributed by atoms with Gasteiger partial charge in [0.25, 0.3) is 0 Å². The van der Waals surface area contributed by atoms with E-state index in [4.69, 9.17) is 11.6 Å². The lowest BCUT2D eigenvalue weighted by molar-refractivity contribution is 0.112. The van der Waals surface area contributed by atoms with Gasteiger partial charge in [0.05, 0.1) is 11.1 Å². The van der Waals surface area contributed by atoms with Crippen molar-refractivity contribution in [1.29, 1.82) is 0 Å². The topological polar surface area (TPSA) is 30.0 Å². The van der Waals surface area contributed by atoms with Gasteiger partial charge in [-0.3, -0.25) is 4.79 Å². The monoisotopic (exact) mass is 241 g/mol. The van der Waals surface area contributed by atoms with Crippen LogP contribution in [0.25, 0.3) is 21.7 Å². The largest absolute Gasteiger partial charge is 0.298 e. The van der Waals surface area contributed by atoms with E-state index in [2.05, 4.69) is 4.98 Å². The molecule has 3 rings (SSSR count). The number of fused-ring (bicyclic) bond motifs is 3. The zero-order valence-electron chi connectivity index (χ0n) is 8.85. The first kappa shape index (κ1) is 10.2. The second-order valence-electron chi connectivity index (χ2n) is 3.84. The third-order valence-corrected chi connectivity index (χ3v) is 3.12. The molecule has 3 heteroatoms. The lowest BCUT2D eigenvalue weighted by Crippen LogP contribution is -1.89. The predicted molar refractivity (Wildman–Crippen MR) is 69.6 cm³/mol. The molecular weight excluding hydrogens is 234 g/mol. The summed E-state index contributed by atoms with van der Waals surface area (Å²) in [6.07, 6.45) is 0.726. The summed E-state index contributed by atoms with van der Waals surface area (Å²) >= 11 is 5.96. The van der Waals surface area contributed by atoms with Crippen molar-refractivity contribution < 1.29 is 4.79 Å². The molecule has 0 saturated carbocycles. The van der Waals surface area contributed by atoms with Crippen LogP contribution >= 0.6 is 11.6 Å². The molecule has 0 atom stereocenters. The van der Waals surface area contributed by atoms with Crippen molar-refractivity contribution in [3.63, 3.8) is 0 Å². The Kier molecular flexibility index (Phi) is 2.30. The highest BCUT2D eigenvalue weighted by Gasteiger charge is 2.06. The average molecular weight is 242 g/mol. The average Bonchev–Trinajstić information content (AvgIpc) is 2.38. The van der Waals surface area contributed by atoms with Gasteiger partial charge in [-0.2, -0.15) is 0 Å². The lowest BCUT2D eigenvalue weighted by Gasteiger charge is -2.04. The SMILES string of the molecule is O=Cc1cc2ccc3ccccc3c2nc1Cl. The van der Waals surface area contributed by atoms with Crippen molar-refractivity contribution in [3.8, 4) is 0 Å². The fourth-order valence-corrected chi connectivity index (χ4v) is 2.17. The van der Waals surface area contributed by atoms with Gasteiger partial charge in [0.15, 0.2) is 6.29 Å². The number of carbonyl (C=O) groups excluding carboxylic acids is 1. The van der Waals surface area contributed by atoms with E-state index >= 15 is 0 Å². The molecule has 0 fully saturated rings. The van der Waals surface area contributed by atoms with Crippen LogP contribution in [0, 0.1) is 0 Å². The molecule has 82 valence electrons. The summed E-state index contributed by atoms with van der Waals surface area (Å²) in [5.74, 6) is 0. The van der Waals surface area contributed by atoms with Crippen molar-refractivity contribution in [1.82, 2.24) is 4.98 Å². The smallest absolute Gasteiger partial charge is 0.153 e. The van der Waals surface area contributed by atoms with Gasteiger partial charge in [0.2, 0.25) is 0 Å². The molecule has 0 amide bonds. The van der Waals surface area contributed by atoms with Crippen molar-refractivity contribution in [3.05, 3.63) is 53.2 Å². The fourth-order valence-electron chi connectivity index (χ4n) is 1.99. The maximum absolute atomic E-state index is 10.8. The Bertz CT molecular complexity index is 737. The first-order valence-electron chi connectivity index (χ1n) is 5.23. The van der Waals surface area contributed by atoms with Crippen molar-refractivity contribution in [2.75, 3.05) is 0 Å². The van der Waals surface area contributed by atoms with Gasteiger partial charge < -0.3 is 0 Å². The van der Waals surface area contributed by atoms with Crippen LogP contribution in [0.15, 0.2) is 42.5 Å². The van der Waals surface area contributed by atoms with Gasteiger partial charge in [-0.15, -0.1) is 0 Å². The van der Waals surface area contributed by atoms with Gasteiger partial charge in [0, 0.05) is 10.8 Å². The Balaban J connectivity index is 2.50. The number of aromatic nitrogens is 1. The minimum atomic E-state index is 0.254. The highest BCUT2D eigenvalue weighted by atomic mass is 35.5. The maximum atomic E-state index is 10.8. The molecule has 0 spiro atoms. The van der Waals surface area contributed by atoms with Gasteiger partial charge in [-0.1, -0.05) is 48.0 Å². The number of benzene rings is 2. The normalized spacial score (nSPS) is 10.9. The number of halogens is 1. The van der Waals surface area contributed by atoms with E-state index in [0.29, 0.717) is 5.56 Å². The summed E-state index contributed by atoms with van der Waals surface area (Å²) in [6, 6.07) is 13.7. The minimum absolute atomic E-state index is 0.254. The highest BCUT2D eigenvalue weighted by Crippen LogP contribution is 2.26. The molecule has 0 aliphatic rings. The molecule has 1 aromatic heterocycles. The molecule has 2 aromatic carbocycles. The van der Waals surface area contributed by atoms with E-state index in [-0.39, 0.29) is 5.15 Å².